The largest absolute Gasteiger partial charge is 0.387 e. The van der Waals surface area contributed by atoms with Crippen molar-refractivity contribution in [3.63, 3.8) is 0 Å². The van der Waals surface area contributed by atoms with E-state index in [0.717, 1.165) is 25.7 Å². The molecule has 1 aliphatic rings. The first-order valence-electron chi connectivity index (χ1n) is 5.88. The number of aliphatic hydroxyl groups is 2. The molecule has 0 saturated heterocycles. The Kier molecular flexibility index (Phi) is 3.51. The lowest BCUT2D eigenvalue weighted by atomic mass is 9.85. The van der Waals surface area contributed by atoms with Gasteiger partial charge in [-0.05, 0) is 12.8 Å². The SMILES string of the molecule is OC(c1cncnc1)C1(O)CCCCCC1. The van der Waals surface area contributed by atoms with Crippen molar-refractivity contribution in [1.29, 1.82) is 0 Å². The van der Waals surface area contributed by atoms with E-state index in [9.17, 15) is 10.2 Å². The molecule has 0 radical (unpaired) electrons. The zero-order chi connectivity index (χ0) is 11.4. The lowest BCUT2D eigenvalue weighted by Gasteiger charge is -2.31. The summed E-state index contributed by atoms with van der Waals surface area (Å²) in [5, 5.41) is 20.7. The molecule has 1 atom stereocenters. The van der Waals surface area contributed by atoms with Crippen LogP contribution >= 0.6 is 0 Å². The molecule has 88 valence electrons. The summed E-state index contributed by atoms with van der Waals surface area (Å²) in [5.41, 5.74) is -0.395. The Morgan fingerprint density at radius 1 is 1.06 bits per heavy atom. The second-order valence-electron chi connectivity index (χ2n) is 4.59. The molecule has 0 bridgehead atoms. The van der Waals surface area contributed by atoms with E-state index in [4.69, 9.17) is 0 Å². The summed E-state index contributed by atoms with van der Waals surface area (Å²) in [7, 11) is 0. The minimum Gasteiger partial charge on any atom is -0.387 e. The van der Waals surface area contributed by atoms with Crippen LogP contribution in [0.1, 0.15) is 50.2 Å². The van der Waals surface area contributed by atoms with Crippen molar-refractivity contribution in [3.05, 3.63) is 24.3 Å². The molecule has 16 heavy (non-hydrogen) atoms. The van der Waals surface area contributed by atoms with E-state index in [1.807, 2.05) is 0 Å². The quantitative estimate of drug-likeness (QED) is 0.746. The zero-order valence-electron chi connectivity index (χ0n) is 9.34. The van der Waals surface area contributed by atoms with Crippen LogP contribution in [-0.4, -0.2) is 25.8 Å². The summed E-state index contributed by atoms with van der Waals surface area (Å²) in [6.07, 6.45) is 9.23. The molecule has 0 spiro atoms. The molecule has 2 rings (SSSR count). The van der Waals surface area contributed by atoms with Gasteiger partial charge in [0.1, 0.15) is 12.4 Å². The second kappa shape index (κ2) is 4.89. The van der Waals surface area contributed by atoms with E-state index < -0.39 is 11.7 Å². The van der Waals surface area contributed by atoms with Gasteiger partial charge in [-0.3, -0.25) is 0 Å². The third-order valence-corrected chi connectivity index (χ3v) is 3.37. The van der Waals surface area contributed by atoms with Gasteiger partial charge in [-0.25, -0.2) is 9.97 Å². The molecule has 0 aromatic carbocycles. The Hall–Kier alpha value is -1.00. The smallest absolute Gasteiger partial charge is 0.115 e. The van der Waals surface area contributed by atoms with Crippen LogP contribution in [0.4, 0.5) is 0 Å². The standard InChI is InChI=1S/C12H18N2O2/c15-11(10-7-13-9-14-8-10)12(16)5-3-1-2-4-6-12/h7-9,11,15-16H,1-6H2. The van der Waals surface area contributed by atoms with Crippen molar-refractivity contribution in [1.82, 2.24) is 9.97 Å². The van der Waals surface area contributed by atoms with Crippen LogP contribution in [0.5, 0.6) is 0 Å². The third-order valence-electron chi connectivity index (χ3n) is 3.37. The van der Waals surface area contributed by atoms with Crippen LogP contribution in [0.3, 0.4) is 0 Å². The molecular weight excluding hydrogens is 204 g/mol. The highest BCUT2D eigenvalue weighted by Crippen LogP contribution is 2.36. The lowest BCUT2D eigenvalue weighted by molar-refractivity contribution is -0.0870. The molecule has 1 heterocycles. The van der Waals surface area contributed by atoms with Gasteiger partial charge in [0.15, 0.2) is 0 Å². The number of hydrogen-bond donors (Lipinski definition) is 2. The third kappa shape index (κ3) is 2.39. The van der Waals surface area contributed by atoms with Gasteiger partial charge in [0.05, 0.1) is 5.60 Å². The number of aromatic nitrogens is 2. The molecule has 1 unspecified atom stereocenters. The van der Waals surface area contributed by atoms with Gasteiger partial charge in [0, 0.05) is 18.0 Å². The highest BCUT2D eigenvalue weighted by molar-refractivity contribution is 5.12. The van der Waals surface area contributed by atoms with Crippen LogP contribution in [0, 0.1) is 0 Å². The van der Waals surface area contributed by atoms with E-state index in [0.29, 0.717) is 18.4 Å². The van der Waals surface area contributed by atoms with Gasteiger partial charge in [0.2, 0.25) is 0 Å². The highest BCUT2D eigenvalue weighted by Gasteiger charge is 2.36. The fourth-order valence-corrected chi connectivity index (χ4v) is 2.38. The summed E-state index contributed by atoms with van der Waals surface area (Å²) in [5.74, 6) is 0. The van der Waals surface area contributed by atoms with Crippen LogP contribution < -0.4 is 0 Å². The Labute approximate surface area is 95.4 Å². The van der Waals surface area contributed by atoms with Crippen LogP contribution in [-0.2, 0) is 0 Å². The molecule has 0 aliphatic heterocycles. The average molecular weight is 222 g/mol. The first-order valence-corrected chi connectivity index (χ1v) is 5.88. The van der Waals surface area contributed by atoms with E-state index >= 15 is 0 Å². The predicted molar refractivity (Wildman–Crippen MR) is 59.6 cm³/mol. The van der Waals surface area contributed by atoms with E-state index in [1.54, 1.807) is 12.4 Å². The molecule has 1 saturated carbocycles. The maximum Gasteiger partial charge on any atom is 0.115 e. The van der Waals surface area contributed by atoms with E-state index in [1.165, 1.54) is 6.33 Å². The normalized spacial score (nSPS) is 22.4. The fraction of sp³-hybridized carbons (Fsp3) is 0.667. The summed E-state index contributed by atoms with van der Waals surface area (Å²) < 4.78 is 0. The Morgan fingerprint density at radius 3 is 2.19 bits per heavy atom. The van der Waals surface area contributed by atoms with Crippen molar-refractivity contribution in [2.45, 2.75) is 50.2 Å². The monoisotopic (exact) mass is 222 g/mol. The number of aliphatic hydroxyl groups excluding tert-OH is 1. The summed E-state index contributed by atoms with van der Waals surface area (Å²) in [6, 6.07) is 0. The summed E-state index contributed by atoms with van der Waals surface area (Å²) in [6.45, 7) is 0. The molecule has 1 aromatic rings. The second-order valence-corrected chi connectivity index (χ2v) is 4.59. The molecule has 4 heteroatoms. The number of hydrogen-bond acceptors (Lipinski definition) is 4. The van der Waals surface area contributed by atoms with Crippen LogP contribution in [0.25, 0.3) is 0 Å². The maximum atomic E-state index is 10.5. The molecule has 0 amide bonds. The molecule has 1 aliphatic carbocycles. The van der Waals surface area contributed by atoms with E-state index in [-0.39, 0.29) is 0 Å². The van der Waals surface area contributed by atoms with Gasteiger partial charge >= 0.3 is 0 Å². The topological polar surface area (TPSA) is 66.2 Å². The zero-order valence-corrected chi connectivity index (χ0v) is 9.34. The van der Waals surface area contributed by atoms with Gasteiger partial charge in [-0.2, -0.15) is 0 Å². The van der Waals surface area contributed by atoms with E-state index in [2.05, 4.69) is 9.97 Å². The molecule has 2 N–H and O–H groups in total. The molecular formula is C12H18N2O2. The van der Waals surface area contributed by atoms with Gasteiger partial charge in [-0.1, -0.05) is 25.7 Å². The highest BCUT2D eigenvalue weighted by atomic mass is 16.3. The number of nitrogens with zero attached hydrogens (tertiary/aromatic N) is 2. The van der Waals surface area contributed by atoms with Crippen molar-refractivity contribution < 1.29 is 10.2 Å². The maximum absolute atomic E-state index is 10.5. The van der Waals surface area contributed by atoms with Gasteiger partial charge < -0.3 is 10.2 Å². The number of rotatable bonds is 2. The fourth-order valence-electron chi connectivity index (χ4n) is 2.38. The minimum atomic E-state index is -0.999. The Morgan fingerprint density at radius 2 is 1.62 bits per heavy atom. The average Bonchev–Trinajstić information content (AvgIpc) is 2.55. The van der Waals surface area contributed by atoms with Crippen molar-refractivity contribution in [3.8, 4) is 0 Å². The first-order chi connectivity index (χ1) is 7.72. The van der Waals surface area contributed by atoms with Crippen LogP contribution in [0.15, 0.2) is 18.7 Å². The van der Waals surface area contributed by atoms with Gasteiger partial charge in [-0.15, -0.1) is 0 Å². The van der Waals surface area contributed by atoms with Crippen molar-refractivity contribution >= 4 is 0 Å². The lowest BCUT2D eigenvalue weighted by Crippen LogP contribution is -2.35. The minimum absolute atomic E-state index is 0.604. The summed E-state index contributed by atoms with van der Waals surface area (Å²) >= 11 is 0. The molecule has 1 fully saturated rings. The van der Waals surface area contributed by atoms with Crippen molar-refractivity contribution in [2.75, 3.05) is 0 Å². The first kappa shape index (κ1) is 11.5. The van der Waals surface area contributed by atoms with Crippen LogP contribution in [0.2, 0.25) is 0 Å². The molecule has 4 nitrogen and oxygen atoms in total. The van der Waals surface area contributed by atoms with Gasteiger partial charge in [0.25, 0.3) is 0 Å². The summed E-state index contributed by atoms with van der Waals surface area (Å²) in [4.78, 5) is 7.75. The Bertz CT molecular complexity index is 321. The predicted octanol–water partition coefficient (Wildman–Crippen LogP) is 1.60. The Balaban J connectivity index is 2.15. The molecule has 1 aromatic heterocycles. The van der Waals surface area contributed by atoms with Crippen molar-refractivity contribution in [2.24, 2.45) is 0 Å².